The largest absolute Gasteiger partial charge is 0.480 e. The smallest absolute Gasteiger partial charge is 0.320 e. The molecule has 0 aliphatic carbocycles. The number of carboxylic acids is 1. The van der Waals surface area contributed by atoms with Crippen molar-refractivity contribution in [2.24, 2.45) is 5.73 Å². The van der Waals surface area contributed by atoms with Gasteiger partial charge in [0.05, 0.1) is 0 Å². The molecule has 6 heteroatoms. The van der Waals surface area contributed by atoms with Gasteiger partial charge in [0.2, 0.25) is 5.91 Å². The molecule has 0 saturated heterocycles. The normalized spacial score (nSPS) is 14.5. The molecule has 0 fully saturated rings. The number of hydrogen-bond donors (Lipinski definition) is 4. The summed E-state index contributed by atoms with van der Waals surface area (Å²) in [5.41, 5.74) is 5.23. The van der Waals surface area contributed by atoms with Crippen molar-refractivity contribution in [3.63, 3.8) is 0 Å². The van der Waals surface area contributed by atoms with Gasteiger partial charge in [0.25, 0.3) is 0 Å². The van der Waals surface area contributed by atoms with Crippen LogP contribution in [0.3, 0.4) is 0 Å². The Hall–Kier alpha value is -0.750. The molecule has 1 unspecified atom stereocenters. The standard InChI is InChI=1S/C8H16N2O3S/c1-5(4-14)10-7(11)3-2-6(9)8(12)13/h5-6,14H,2-4,9H2,1H3,(H,10,11)(H,12,13)/t5?,6-/m1/s1. The van der Waals surface area contributed by atoms with Gasteiger partial charge < -0.3 is 16.2 Å². The van der Waals surface area contributed by atoms with Crippen LogP contribution in [0.4, 0.5) is 0 Å². The predicted molar refractivity (Wildman–Crippen MR) is 56.3 cm³/mol. The van der Waals surface area contributed by atoms with Gasteiger partial charge in [-0.1, -0.05) is 0 Å². The molecule has 0 radical (unpaired) electrons. The number of nitrogens with two attached hydrogens (primary N) is 1. The van der Waals surface area contributed by atoms with E-state index >= 15 is 0 Å². The van der Waals surface area contributed by atoms with E-state index in [0.717, 1.165) is 0 Å². The molecule has 0 aromatic rings. The van der Waals surface area contributed by atoms with Crippen LogP contribution in [0.25, 0.3) is 0 Å². The lowest BCUT2D eigenvalue weighted by atomic mass is 10.1. The maximum atomic E-state index is 11.1. The van der Waals surface area contributed by atoms with Crippen LogP contribution in [0, 0.1) is 0 Å². The Labute approximate surface area is 88.5 Å². The lowest BCUT2D eigenvalue weighted by Gasteiger charge is -2.11. The Balaban J connectivity index is 3.69. The zero-order valence-electron chi connectivity index (χ0n) is 8.06. The number of carboxylic acid groups (broad SMARTS) is 1. The molecule has 0 aromatic carbocycles. The number of amides is 1. The molecular formula is C8H16N2O3S. The SMILES string of the molecule is CC(CS)NC(=O)CC[C@@H](N)C(=O)O. The molecule has 1 amide bonds. The number of rotatable bonds is 6. The van der Waals surface area contributed by atoms with Gasteiger partial charge in [-0.05, 0) is 13.3 Å². The summed E-state index contributed by atoms with van der Waals surface area (Å²) in [7, 11) is 0. The van der Waals surface area contributed by atoms with Crippen molar-refractivity contribution in [2.75, 3.05) is 5.75 Å². The van der Waals surface area contributed by atoms with Crippen LogP contribution in [0.5, 0.6) is 0 Å². The molecule has 0 rings (SSSR count). The predicted octanol–water partition coefficient (Wildman–Crippen LogP) is -0.387. The summed E-state index contributed by atoms with van der Waals surface area (Å²) in [6.07, 6.45) is 0.284. The molecule has 0 saturated carbocycles. The van der Waals surface area contributed by atoms with Gasteiger partial charge in [0.1, 0.15) is 6.04 Å². The maximum Gasteiger partial charge on any atom is 0.320 e. The summed E-state index contributed by atoms with van der Waals surface area (Å²) in [5.74, 6) is -0.722. The average Bonchev–Trinajstić information content (AvgIpc) is 2.13. The van der Waals surface area contributed by atoms with Crippen LogP contribution in [-0.4, -0.2) is 34.8 Å². The molecule has 0 aromatic heterocycles. The summed E-state index contributed by atoms with van der Waals surface area (Å²) >= 11 is 4.00. The van der Waals surface area contributed by atoms with Crippen molar-refractivity contribution in [3.05, 3.63) is 0 Å². The summed E-state index contributed by atoms with van der Waals surface area (Å²) in [6, 6.07) is -0.973. The minimum Gasteiger partial charge on any atom is -0.480 e. The lowest BCUT2D eigenvalue weighted by molar-refractivity contribution is -0.138. The molecule has 4 N–H and O–H groups in total. The average molecular weight is 220 g/mol. The first kappa shape index (κ1) is 13.2. The van der Waals surface area contributed by atoms with Crippen molar-refractivity contribution >= 4 is 24.5 Å². The molecule has 2 atom stereocenters. The molecule has 0 heterocycles. The third kappa shape index (κ3) is 5.82. The highest BCUT2D eigenvalue weighted by Gasteiger charge is 2.13. The van der Waals surface area contributed by atoms with Gasteiger partial charge in [0, 0.05) is 18.2 Å². The van der Waals surface area contributed by atoms with Crippen LogP contribution < -0.4 is 11.1 Å². The first-order chi connectivity index (χ1) is 6.47. The van der Waals surface area contributed by atoms with Gasteiger partial charge >= 0.3 is 5.97 Å². The van der Waals surface area contributed by atoms with Gasteiger partial charge in [-0.25, -0.2) is 0 Å². The van der Waals surface area contributed by atoms with Crippen molar-refractivity contribution < 1.29 is 14.7 Å². The number of thiol groups is 1. The molecule has 0 spiro atoms. The Morgan fingerprint density at radius 2 is 2.14 bits per heavy atom. The zero-order chi connectivity index (χ0) is 11.1. The number of carbonyl (C=O) groups excluding carboxylic acids is 1. The van der Waals surface area contributed by atoms with Gasteiger partial charge in [-0.3, -0.25) is 9.59 Å². The van der Waals surface area contributed by atoms with E-state index in [4.69, 9.17) is 10.8 Å². The number of hydrogen-bond acceptors (Lipinski definition) is 4. The van der Waals surface area contributed by atoms with E-state index in [0.29, 0.717) is 5.75 Å². The highest BCUT2D eigenvalue weighted by atomic mass is 32.1. The highest BCUT2D eigenvalue weighted by molar-refractivity contribution is 7.80. The second-order valence-electron chi connectivity index (χ2n) is 3.13. The summed E-state index contributed by atoms with van der Waals surface area (Å²) in [6.45, 7) is 1.82. The maximum absolute atomic E-state index is 11.1. The van der Waals surface area contributed by atoms with Gasteiger partial charge in [0.15, 0.2) is 0 Å². The third-order valence-corrected chi connectivity index (χ3v) is 2.23. The molecule has 82 valence electrons. The van der Waals surface area contributed by atoms with Crippen LogP contribution >= 0.6 is 12.6 Å². The van der Waals surface area contributed by atoms with E-state index in [9.17, 15) is 9.59 Å². The van der Waals surface area contributed by atoms with Crippen LogP contribution in [0.15, 0.2) is 0 Å². The van der Waals surface area contributed by atoms with Crippen molar-refractivity contribution in [1.29, 1.82) is 0 Å². The molecule has 0 bridgehead atoms. The van der Waals surface area contributed by atoms with Crippen LogP contribution in [0.1, 0.15) is 19.8 Å². The highest BCUT2D eigenvalue weighted by Crippen LogP contribution is 1.96. The van der Waals surface area contributed by atoms with E-state index in [1.54, 1.807) is 0 Å². The molecule has 5 nitrogen and oxygen atoms in total. The van der Waals surface area contributed by atoms with Crippen LogP contribution in [-0.2, 0) is 9.59 Å². The second kappa shape index (κ2) is 6.67. The van der Waals surface area contributed by atoms with E-state index in [-0.39, 0.29) is 24.8 Å². The minimum absolute atomic E-state index is 0.00751. The fraction of sp³-hybridized carbons (Fsp3) is 0.750. The Kier molecular flexibility index (Phi) is 6.31. The number of carbonyl (C=O) groups is 2. The van der Waals surface area contributed by atoms with Crippen LogP contribution in [0.2, 0.25) is 0 Å². The quantitative estimate of drug-likeness (QED) is 0.459. The van der Waals surface area contributed by atoms with E-state index in [1.165, 1.54) is 0 Å². The molecule has 14 heavy (non-hydrogen) atoms. The minimum atomic E-state index is -1.08. The lowest BCUT2D eigenvalue weighted by Crippen LogP contribution is -2.36. The van der Waals surface area contributed by atoms with Crippen molar-refractivity contribution in [3.8, 4) is 0 Å². The molecular weight excluding hydrogens is 204 g/mol. The number of aliphatic carboxylic acids is 1. The Morgan fingerprint density at radius 1 is 1.57 bits per heavy atom. The fourth-order valence-electron chi connectivity index (χ4n) is 0.803. The van der Waals surface area contributed by atoms with E-state index in [1.807, 2.05) is 6.92 Å². The zero-order valence-corrected chi connectivity index (χ0v) is 8.96. The third-order valence-electron chi connectivity index (χ3n) is 1.68. The first-order valence-corrected chi connectivity index (χ1v) is 4.99. The van der Waals surface area contributed by atoms with Crippen molar-refractivity contribution in [1.82, 2.24) is 5.32 Å². The summed E-state index contributed by atoms with van der Waals surface area (Å²) in [4.78, 5) is 21.5. The first-order valence-electron chi connectivity index (χ1n) is 4.36. The van der Waals surface area contributed by atoms with E-state index in [2.05, 4.69) is 17.9 Å². The monoisotopic (exact) mass is 220 g/mol. The Bertz CT molecular complexity index is 211. The van der Waals surface area contributed by atoms with Gasteiger partial charge in [-0.2, -0.15) is 12.6 Å². The van der Waals surface area contributed by atoms with Gasteiger partial charge in [-0.15, -0.1) is 0 Å². The topological polar surface area (TPSA) is 92.4 Å². The summed E-state index contributed by atoms with van der Waals surface area (Å²) in [5, 5.41) is 11.1. The van der Waals surface area contributed by atoms with E-state index < -0.39 is 12.0 Å². The Morgan fingerprint density at radius 3 is 2.57 bits per heavy atom. The molecule has 0 aliphatic rings. The molecule has 0 aliphatic heterocycles. The fourth-order valence-corrected chi connectivity index (χ4v) is 0.894. The number of nitrogens with one attached hydrogen (secondary N) is 1. The van der Waals surface area contributed by atoms with Crippen molar-refractivity contribution in [2.45, 2.75) is 31.8 Å². The summed E-state index contributed by atoms with van der Waals surface area (Å²) < 4.78 is 0. The second-order valence-corrected chi connectivity index (χ2v) is 3.50.